The topological polar surface area (TPSA) is 88.1 Å². The van der Waals surface area contributed by atoms with E-state index in [2.05, 4.69) is 21.0 Å². The van der Waals surface area contributed by atoms with E-state index in [0.29, 0.717) is 25.4 Å². The maximum atomic E-state index is 12.2. The second-order valence-corrected chi connectivity index (χ2v) is 6.16. The van der Waals surface area contributed by atoms with Crippen LogP contribution in [0.25, 0.3) is 0 Å². The van der Waals surface area contributed by atoms with Gasteiger partial charge in [0, 0.05) is 38.3 Å². The van der Waals surface area contributed by atoms with Gasteiger partial charge in [0.2, 0.25) is 11.8 Å². The molecule has 2 rings (SSSR count). The zero-order valence-electron chi connectivity index (χ0n) is 14.0. The summed E-state index contributed by atoms with van der Waals surface area (Å²) >= 11 is 0. The molecule has 2 amide bonds. The van der Waals surface area contributed by atoms with Crippen LogP contribution < -0.4 is 16.0 Å². The van der Waals surface area contributed by atoms with Crippen molar-refractivity contribution in [2.75, 3.05) is 20.1 Å². The van der Waals surface area contributed by atoms with Crippen LogP contribution in [0.5, 0.6) is 0 Å². The molecule has 1 heterocycles. The minimum atomic E-state index is -0.433. The van der Waals surface area contributed by atoms with Crippen LogP contribution in [0, 0.1) is 5.92 Å². The Morgan fingerprint density at radius 1 is 1.30 bits per heavy atom. The molecule has 1 unspecified atom stereocenters. The average molecular weight is 321 g/mol. The Balaban J connectivity index is 1.66. The van der Waals surface area contributed by atoms with Crippen molar-refractivity contribution in [1.82, 2.24) is 25.7 Å². The van der Waals surface area contributed by atoms with E-state index in [1.807, 2.05) is 13.2 Å². The van der Waals surface area contributed by atoms with Gasteiger partial charge in [-0.2, -0.15) is 5.10 Å². The third kappa shape index (κ3) is 5.35. The monoisotopic (exact) mass is 321 g/mol. The molecule has 0 bridgehead atoms. The summed E-state index contributed by atoms with van der Waals surface area (Å²) in [5, 5.41) is 12.8. The number of aryl methyl sites for hydroxylation is 1. The van der Waals surface area contributed by atoms with Crippen molar-refractivity contribution >= 4 is 11.8 Å². The summed E-state index contributed by atoms with van der Waals surface area (Å²) < 4.78 is 1.66. The molecule has 7 heteroatoms. The molecule has 0 aromatic carbocycles. The number of nitrogens with zero attached hydrogens (tertiary/aromatic N) is 2. The van der Waals surface area contributed by atoms with E-state index >= 15 is 0 Å². The average Bonchev–Trinajstić information content (AvgIpc) is 3.16. The SMILES string of the molecule is CNC(C(=O)NCCNC(=O)CC1CCCC1)c1cnn(C)c1. The number of rotatable bonds is 8. The Hall–Kier alpha value is -1.89. The highest BCUT2D eigenvalue weighted by Gasteiger charge is 2.20. The van der Waals surface area contributed by atoms with Crippen molar-refractivity contribution in [2.24, 2.45) is 13.0 Å². The van der Waals surface area contributed by atoms with Crippen LogP contribution in [0.3, 0.4) is 0 Å². The van der Waals surface area contributed by atoms with Crippen molar-refractivity contribution in [3.8, 4) is 0 Å². The molecule has 3 N–H and O–H groups in total. The van der Waals surface area contributed by atoms with E-state index in [4.69, 9.17) is 0 Å². The van der Waals surface area contributed by atoms with E-state index in [1.54, 1.807) is 17.9 Å². The van der Waals surface area contributed by atoms with Crippen molar-refractivity contribution in [3.63, 3.8) is 0 Å². The summed E-state index contributed by atoms with van der Waals surface area (Å²) in [4.78, 5) is 24.0. The third-order valence-electron chi connectivity index (χ3n) is 4.30. The second-order valence-electron chi connectivity index (χ2n) is 6.16. The molecular weight excluding hydrogens is 294 g/mol. The van der Waals surface area contributed by atoms with Crippen LogP contribution in [-0.2, 0) is 16.6 Å². The summed E-state index contributed by atoms with van der Waals surface area (Å²) in [5.74, 6) is 0.512. The standard InChI is InChI=1S/C16H27N5O2/c1-17-15(13-10-20-21(2)11-13)16(23)19-8-7-18-14(22)9-12-5-3-4-6-12/h10-12,15,17H,3-9H2,1-2H3,(H,18,22)(H,19,23). The number of nitrogens with one attached hydrogen (secondary N) is 3. The predicted octanol–water partition coefficient (Wildman–Crippen LogP) is 0.493. The van der Waals surface area contributed by atoms with Gasteiger partial charge in [-0.15, -0.1) is 0 Å². The summed E-state index contributed by atoms with van der Waals surface area (Å²) in [6, 6.07) is -0.433. The molecule has 1 aromatic heterocycles. The maximum Gasteiger partial charge on any atom is 0.241 e. The molecule has 128 valence electrons. The largest absolute Gasteiger partial charge is 0.354 e. The lowest BCUT2D eigenvalue weighted by atomic mass is 10.0. The summed E-state index contributed by atoms with van der Waals surface area (Å²) in [7, 11) is 3.55. The van der Waals surface area contributed by atoms with Crippen LogP contribution >= 0.6 is 0 Å². The van der Waals surface area contributed by atoms with Gasteiger partial charge in [-0.05, 0) is 25.8 Å². The zero-order valence-corrected chi connectivity index (χ0v) is 14.0. The van der Waals surface area contributed by atoms with E-state index in [0.717, 1.165) is 5.56 Å². The molecule has 0 radical (unpaired) electrons. The number of hydrogen-bond acceptors (Lipinski definition) is 4. The first-order chi connectivity index (χ1) is 11.1. The fourth-order valence-electron chi connectivity index (χ4n) is 3.08. The number of hydrogen-bond donors (Lipinski definition) is 3. The van der Waals surface area contributed by atoms with Gasteiger partial charge >= 0.3 is 0 Å². The molecule has 0 aliphatic heterocycles. The molecule has 23 heavy (non-hydrogen) atoms. The Kier molecular flexibility index (Phi) is 6.58. The van der Waals surface area contributed by atoms with Crippen LogP contribution in [0.15, 0.2) is 12.4 Å². The minimum Gasteiger partial charge on any atom is -0.354 e. The number of aromatic nitrogens is 2. The Morgan fingerprint density at radius 2 is 2.00 bits per heavy atom. The van der Waals surface area contributed by atoms with Crippen molar-refractivity contribution in [2.45, 2.75) is 38.1 Å². The molecule has 1 atom stereocenters. The normalized spacial score (nSPS) is 16.3. The molecule has 1 aliphatic rings. The molecule has 0 spiro atoms. The van der Waals surface area contributed by atoms with Crippen molar-refractivity contribution in [1.29, 1.82) is 0 Å². The van der Waals surface area contributed by atoms with Crippen LogP contribution in [0.1, 0.15) is 43.7 Å². The molecular formula is C16H27N5O2. The molecule has 1 fully saturated rings. The van der Waals surface area contributed by atoms with Gasteiger partial charge < -0.3 is 16.0 Å². The van der Waals surface area contributed by atoms with Gasteiger partial charge in [0.25, 0.3) is 0 Å². The lowest BCUT2D eigenvalue weighted by Gasteiger charge is -2.15. The lowest BCUT2D eigenvalue weighted by molar-refractivity contribution is -0.124. The highest BCUT2D eigenvalue weighted by atomic mass is 16.2. The van der Waals surface area contributed by atoms with Gasteiger partial charge in [0.15, 0.2) is 0 Å². The Bertz CT molecular complexity index is 522. The molecule has 1 aromatic rings. The zero-order chi connectivity index (χ0) is 16.7. The predicted molar refractivity (Wildman–Crippen MR) is 87.6 cm³/mol. The maximum absolute atomic E-state index is 12.2. The Morgan fingerprint density at radius 3 is 2.61 bits per heavy atom. The summed E-state index contributed by atoms with van der Waals surface area (Å²) in [6.07, 6.45) is 8.91. The van der Waals surface area contributed by atoms with Crippen LogP contribution in [0.2, 0.25) is 0 Å². The van der Waals surface area contributed by atoms with Crippen LogP contribution in [0.4, 0.5) is 0 Å². The van der Waals surface area contributed by atoms with Gasteiger partial charge in [0.05, 0.1) is 6.20 Å². The molecule has 0 saturated heterocycles. The second kappa shape index (κ2) is 8.67. The summed E-state index contributed by atoms with van der Waals surface area (Å²) in [6.45, 7) is 0.883. The summed E-state index contributed by atoms with van der Waals surface area (Å²) in [5.41, 5.74) is 0.817. The van der Waals surface area contributed by atoms with Crippen LogP contribution in [-0.4, -0.2) is 41.7 Å². The lowest BCUT2D eigenvalue weighted by Crippen LogP contribution is -2.40. The third-order valence-corrected chi connectivity index (χ3v) is 4.30. The van der Waals surface area contributed by atoms with Gasteiger partial charge in [0.1, 0.15) is 6.04 Å². The van der Waals surface area contributed by atoms with Gasteiger partial charge in [-0.1, -0.05) is 12.8 Å². The Labute approximate surface area is 137 Å². The van der Waals surface area contributed by atoms with Gasteiger partial charge in [-0.3, -0.25) is 14.3 Å². The fraction of sp³-hybridized carbons (Fsp3) is 0.688. The number of likely N-dealkylation sites (N-methyl/N-ethyl adjacent to an activating group) is 1. The first kappa shape index (κ1) is 17.5. The van der Waals surface area contributed by atoms with E-state index in [9.17, 15) is 9.59 Å². The van der Waals surface area contributed by atoms with E-state index in [-0.39, 0.29) is 11.8 Å². The van der Waals surface area contributed by atoms with Gasteiger partial charge in [-0.25, -0.2) is 0 Å². The first-order valence-corrected chi connectivity index (χ1v) is 8.30. The molecule has 7 nitrogen and oxygen atoms in total. The quantitative estimate of drug-likeness (QED) is 0.608. The fourth-order valence-corrected chi connectivity index (χ4v) is 3.08. The van der Waals surface area contributed by atoms with Crippen molar-refractivity contribution < 1.29 is 9.59 Å². The van der Waals surface area contributed by atoms with E-state index in [1.165, 1.54) is 25.7 Å². The van der Waals surface area contributed by atoms with Crippen molar-refractivity contribution in [3.05, 3.63) is 18.0 Å². The first-order valence-electron chi connectivity index (χ1n) is 8.30. The molecule has 1 aliphatic carbocycles. The smallest absolute Gasteiger partial charge is 0.241 e. The molecule has 1 saturated carbocycles. The minimum absolute atomic E-state index is 0.0866. The number of carbonyl (C=O) groups excluding carboxylic acids is 2. The number of amides is 2. The highest BCUT2D eigenvalue weighted by Crippen LogP contribution is 2.27. The van der Waals surface area contributed by atoms with E-state index < -0.39 is 6.04 Å². The number of carbonyl (C=O) groups is 2. The highest BCUT2D eigenvalue weighted by molar-refractivity contribution is 5.83.